The molecule has 3 aromatic rings. The molecule has 3 heterocycles. The number of anilines is 1. The number of piperazine rings is 1. The van der Waals surface area contributed by atoms with E-state index in [0.717, 1.165) is 55.7 Å². The Labute approximate surface area is 166 Å². The van der Waals surface area contributed by atoms with Gasteiger partial charge in [0.2, 0.25) is 0 Å². The zero-order valence-electron chi connectivity index (χ0n) is 16.8. The second-order valence-corrected chi connectivity index (χ2v) is 7.19. The second kappa shape index (κ2) is 8.02. The number of rotatable bonds is 5. The minimum Gasteiger partial charge on any atom is -0.496 e. The second-order valence-electron chi connectivity index (χ2n) is 7.19. The predicted molar refractivity (Wildman–Crippen MR) is 111 cm³/mol. The molecule has 0 unspecified atom stereocenters. The number of benzene rings is 1. The average molecular weight is 377 g/mol. The first-order valence-corrected chi connectivity index (χ1v) is 9.74. The van der Waals surface area contributed by atoms with Crippen molar-refractivity contribution in [3.8, 4) is 11.6 Å². The first kappa shape index (κ1) is 18.5. The number of hydrogen-bond donors (Lipinski definition) is 0. The highest BCUT2D eigenvalue weighted by Gasteiger charge is 2.24. The van der Waals surface area contributed by atoms with Gasteiger partial charge >= 0.3 is 0 Å². The molecule has 0 N–H and O–H groups in total. The third kappa shape index (κ3) is 3.60. The van der Waals surface area contributed by atoms with E-state index in [4.69, 9.17) is 9.84 Å². The Bertz CT molecular complexity index is 929. The van der Waals surface area contributed by atoms with Crippen LogP contribution in [0.25, 0.3) is 5.82 Å². The Morgan fingerprint density at radius 1 is 0.964 bits per heavy atom. The van der Waals surface area contributed by atoms with Crippen LogP contribution in [0, 0.1) is 13.8 Å². The molecule has 0 radical (unpaired) electrons. The molecule has 2 aromatic heterocycles. The number of nitrogens with zero attached hydrogens (tertiary/aromatic N) is 5. The van der Waals surface area contributed by atoms with Crippen molar-refractivity contribution in [2.24, 2.45) is 0 Å². The van der Waals surface area contributed by atoms with Crippen molar-refractivity contribution in [3.05, 3.63) is 65.6 Å². The molecule has 0 amide bonds. The van der Waals surface area contributed by atoms with Crippen molar-refractivity contribution in [1.29, 1.82) is 0 Å². The molecule has 4 rings (SSSR count). The topological polar surface area (TPSA) is 46.4 Å². The third-order valence-electron chi connectivity index (χ3n) is 5.39. The molecule has 1 fully saturated rings. The summed E-state index contributed by atoms with van der Waals surface area (Å²) in [6.45, 7) is 9.16. The first-order valence-electron chi connectivity index (χ1n) is 9.74. The number of ether oxygens (including phenoxy) is 1. The molecule has 0 bridgehead atoms. The molecule has 0 aliphatic carbocycles. The Morgan fingerprint density at radius 2 is 1.71 bits per heavy atom. The molecule has 0 saturated carbocycles. The van der Waals surface area contributed by atoms with E-state index < -0.39 is 0 Å². The van der Waals surface area contributed by atoms with Gasteiger partial charge in [-0.15, -0.1) is 0 Å². The lowest BCUT2D eigenvalue weighted by Crippen LogP contribution is -2.46. The van der Waals surface area contributed by atoms with E-state index in [9.17, 15) is 0 Å². The molecule has 6 nitrogen and oxygen atoms in total. The SMILES string of the molecule is COc1ccccc1CN1CCN(c2c(C)nn(-c3ccccn3)c2C)CC1. The monoisotopic (exact) mass is 377 g/mol. The zero-order valence-corrected chi connectivity index (χ0v) is 16.8. The van der Waals surface area contributed by atoms with Gasteiger partial charge < -0.3 is 9.64 Å². The molecule has 28 heavy (non-hydrogen) atoms. The summed E-state index contributed by atoms with van der Waals surface area (Å²) < 4.78 is 7.45. The summed E-state index contributed by atoms with van der Waals surface area (Å²) in [6, 6.07) is 14.2. The maximum Gasteiger partial charge on any atom is 0.153 e. The fourth-order valence-corrected chi connectivity index (χ4v) is 4.00. The highest BCUT2D eigenvalue weighted by atomic mass is 16.5. The van der Waals surface area contributed by atoms with E-state index in [1.54, 1.807) is 7.11 Å². The summed E-state index contributed by atoms with van der Waals surface area (Å²) in [6.07, 6.45) is 1.81. The normalized spacial score (nSPS) is 15.0. The van der Waals surface area contributed by atoms with Crippen LogP contribution in [-0.4, -0.2) is 53.0 Å². The lowest BCUT2D eigenvalue weighted by Gasteiger charge is -2.36. The Hall–Kier alpha value is -2.86. The summed E-state index contributed by atoms with van der Waals surface area (Å²) in [7, 11) is 1.74. The number of hydrogen-bond acceptors (Lipinski definition) is 5. The van der Waals surface area contributed by atoms with Crippen molar-refractivity contribution >= 4 is 5.69 Å². The van der Waals surface area contributed by atoms with Crippen LogP contribution in [0.4, 0.5) is 5.69 Å². The van der Waals surface area contributed by atoms with E-state index in [1.165, 1.54) is 11.3 Å². The van der Waals surface area contributed by atoms with E-state index in [1.807, 2.05) is 41.2 Å². The average Bonchev–Trinajstić information content (AvgIpc) is 3.04. The maximum absolute atomic E-state index is 5.50. The molecule has 1 aromatic carbocycles. The van der Waals surface area contributed by atoms with Crippen LogP contribution in [0.3, 0.4) is 0 Å². The van der Waals surface area contributed by atoms with Gasteiger partial charge in [-0.1, -0.05) is 24.3 Å². The molecular weight excluding hydrogens is 350 g/mol. The lowest BCUT2D eigenvalue weighted by atomic mass is 10.1. The third-order valence-corrected chi connectivity index (χ3v) is 5.39. The first-order chi connectivity index (χ1) is 13.7. The number of aryl methyl sites for hydroxylation is 1. The summed E-state index contributed by atoms with van der Waals surface area (Å²) in [5, 5.41) is 4.75. The van der Waals surface area contributed by atoms with Crippen LogP contribution in [0.15, 0.2) is 48.7 Å². The van der Waals surface area contributed by atoms with Crippen LogP contribution in [-0.2, 0) is 6.54 Å². The predicted octanol–water partition coefficient (Wildman–Crippen LogP) is 3.21. The molecule has 0 spiro atoms. The van der Waals surface area contributed by atoms with Crippen LogP contribution in [0.1, 0.15) is 17.0 Å². The fraction of sp³-hybridized carbons (Fsp3) is 0.364. The number of methoxy groups -OCH3 is 1. The molecular formula is C22H27N5O. The van der Waals surface area contributed by atoms with Gasteiger partial charge in [0.15, 0.2) is 5.82 Å². The molecule has 1 saturated heterocycles. The van der Waals surface area contributed by atoms with E-state index in [-0.39, 0.29) is 0 Å². The van der Waals surface area contributed by atoms with Gasteiger partial charge in [-0.25, -0.2) is 9.67 Å². The molecule has 0 atom stereocenters. The van der Waals surface area contributed by atoms with Gasteiger partial charge in [-0.2, -0.15) is 5.10 Å². The van der Waals surface area contributed by atoms with Crippen molar-refractivity contribution in [1.82, 2.24) is 19.7 Å². The number of aromatic nitrogens is 3. The minimum atomic E-state index is 0.865. The van der Waals surface area contributed by atoms with E-state index in [2.05, 4.69) is 40.8 Å². The Morgan fingerprint density at radius 3 is 2.43 bits per heavy atom. The number of pyridine rings is 1. The van der Waals surface area contributed by atoms with Gasteiger partial charge in [0, 0.05) is 44.5 Å². The van der Waals surface area contributed by atoms with E-state index in [0.29, 0.717) is 0 Å². The maximum atomic E-state index is 5.50. The van der Waals surface area contributed by atoms with Crippen molar-refractivity contribution in [2.75, 3.05) is 38.2 Å². The summed E-state index contributed by atoms with van der Waals surface area (Å²) in [5.41, 5.74) is 4.69. The smallest absolute Gasteiger partial charge is 0.153 e. The zero-order chi connectivity index (χ0) is 19.5. The Balaban J connectivity index is 1.46. The standard InChI is InChI=1S/C22H27N5O/c1-17-22(18(2)27(24-17)21-10-6-7-11-23-21)26-14-12-25(13-15-26)16-19-8-4-5-9-20(19)28-3/h4-11H,12-16H2,1-3H3. The molecule has 1 aliphatic heterocycles. The Kier molecular flexibility index (Phi) is 5.30. The van der Waals surface area contributed by atoms with Crippen molar-refractivity contribution < 1.29 is 4.74 Å². The molecule has 146 valence electrons. The van der Waals surface area contributed by atoms with Crippen LogP contribution in [0.5, 0.6) is 5.75 Å². The van der Waals surface area contributed by atoms with Crippen LogP contribution >= 0.6 is 0 Å². The molecule has 1 aliphatic rings. The van der Waals surface area contributed by atoms with Crippen LogP contribution < -0.4 is 9.64 Å². The highest BCUT2D eigenvalue weighted by molar-refractivity contribution is 5.56. The van der Waals surface area contributed by atoms with Crippen molar-refractivity contribution in [3.63, 3.8) is 0 Å². The summed E-state index contributed by atoms with van der Waals surface area (Å²) >= 11 is 0. The fourth-order valence-electron chi connectivity index (χ4n) is 4.00. The van der Waals surface area contributed by atoms with Gasteiger partial charge in [0.1, 0.15) is 5.75 Å². The number of para-hydroxylation sites is 1. The van der Waals surface area contributed by atoms with Gasteiger partial charge in [0.25, 0.3) is 0 Å². The van der Waals surface area contributed by atoms with E-state index >= 15 is 0 Å². The summed E-state index contributed by atoms with van der Waals surface area (Å²) in [4.78, 5) is 9.39. The summed E-state index contributed by atoms with van der Waals surface area (Å²) in [5.74, 6) is 1.83. The largest absolute Gasteiger partial charge is 0.496 e. The van der Waals surface area contributed by atoms with Crippen molar-refractivity contribution in [2.45, 2.75) is 20.4 Å². The quantitative estimate of drug-likeness (QED) is 0.683. The van der Waals surface area contributed by atoms with Gasteiger partial charge in [-0.05, 0) is 32.0 Å². The lowest BCUT2D eigenvalue weighted by molar-refractivity contribution is 0.246. The molecule has 6 heteroatoms. The van der Waals surface area contributed by atoms with Gasteiger partial charge in [0.05, 0.1) is 24.2 Å². The highest BCUT2D eigenvalue weighted by Crippen LogP contribution is 2.28. The van der Waals surface area contributed by atoms with Crippen LogP contribution in [0.2, 0.25) is 0 Å². The minimum absolute atomic E-state index is 0.865. The van der Waals surface area contributed by atoms with Gasteiger partial charge in [-0.3, -0.25) is 4.90 Å².